The van der Waals surface area contributed by atoms with E-state index >= 15 is 0 Å². The highest BCUT2D eigenvalue weighted by atomic mass is 79.9. The zero-order valence-electron chi connectivity index (χ0n) is 9.39. The Balaban J connectivity index is 2.45. The third kappa shape index (κ3) is 2.40. The molecule has 1 N–H and O–H groups in total. The molecule has 7 heteroatoms. The van der Waals surface area contributed by atoms with Crippen LogP contribution in [0.4, 0.5) is 4.39 Å². The zero-order chi connectivity index (χ0) is 13.3. The van der Waals surface area contributed by atoms with Gasteiger partial charge in [0.2, 0.25) is 0 Å². The molecule has 18 heavy (non-hydrogen) atoms. The van der Waals surface area contributed by atoms with Gasteiger partial charge in [-0.2, -0.15) is 0 Å². The Bertz CT molecular complexity index is 612. The van der Waals surface area contributed by atoms with Crippen LogP contribution in [0, 0.1) is 12.7 Å². The quantitative estimate of drug-likeness (QED) is 0.942. The maximum Gasteiger partial charge on any atom is 0.309 e. The number of hydrogen-bond acceptors (Lipinski definition) is 3. The first-order chi connectivity index (χ1) is 8.49. The monoisotopic (exact) mass is 313 g/mol. The Morgan fingerprint density at radius 2 is 2.28 bits per heavy atom. The molecule has 0 spiro atoms. The van der Waals surface area contributed by atoms with Crippen molar-refractivity contribution in [2.75, 3.05) is 0 Å². The first-order valence-corrected chi connectivity index (χ1v) is 5.86. The van der Waals surface area contributed by atoms with E-state index in [1.165, 1.54) is 16.8 Å². The Morgan fingerprint density at radius 3 is 2.89 bits per heavy atom. The van der Waals surface area contributed by atoms with Crippen LogP contribution < -0.4 is 0 Å². The third-order valence-electron chi connectivity index (χ3n) is 2.45. The van der Waals surface area contributed by atoms with Crippen molar-refractivity contribution in [3.63, 3.8) is 0 Å². The molecule has 0 amide bonds. The van der Waals surface area contributed by atoms with Gasteiger partial charge in [0.1, 0.15) is 5.82 Å². The van der Waals surface area contributed by atoms with Gasteiger partial charge in [0.15, 0.2) is 0 Å². The second-order valence-electron chi connectivity index (χ2n) is 3.70. The fourth-order valence-corrected chi connectivity index (χ4v) is 2.07. The number of hydrogen-bond donors (Lipinski definition) is 1. The molecule has 0 unspecified atom stereocenters. The lowest BCUT2D eigenvalue weighted by atomic mass is 10.2. The lowest BCUT2D eigenvalue weighted by Gasteiger charge is -2.06. The number of aliphatic carboxylic acids is 1. The van der Waals surface area contributed by atoms with Gasteiger partial charge in [0, 0.05) is 4.47 Å². The molecule has 0 aliphatic carbocycles. The topological polar surface area (TPSA) is 68.0 Å². The van der Waals surface area contributed by atoms with E-state index < -0.39 is 5.97 Å². The summed E-state index contributed by atoms with van der Waals surface area (Å²) in [6.07, 6.45) is -0.190. The summed E-state index contributed by atoms with van der Waals surface area (Å²) in [6, 6.07) is 4.16. The zero-order valence-corrected chi connectivity index (χ0v) is 11.0. The van der Waals surface area contributed by atoms with E-state index in [4.69, 9.17) is 5.11 Å². The van der Waals surface area contributed by atoms with Gasteiger partial charge in [-0.05, 0) is 41.1 Å². The minimum absolute atomic E-state index is 0.190. The highest BCUT2D eigenvalue weighted by Crippen LogP contribution is 2.23. The molecule has 1 heterocycles. The van der Waals surface area contributed by atoms with Crippen molar-refractivity contribution in [1.82, 2.24) is 15.0 Å². The molecule has 0 radical (unpaired) electrons. The van der Waals surface area contributed by atoms with Crippen LogP contribution in [-0.4, -0.2) is 26.1 Å². The first-order valence-electron chi connectivity index (χ1n) is 5.07. The molecule has 0 fully saturated rings. The molecule has 1 aromatic carbocycles. The summed E-state index contributed by atoms with van der Waals surface area (Å²) in [5.74, 6) is -1.34. The number of aromatic nitrogens is 3. The maximum atomic E-state index is 13.0. The van der Waals surface area contributed by atoms with Gasteiger partial charge in [-0.1, -0.05) is 5.21 Å². The summed E-state index contributed by atoms with van der Waals surface area (Å²) in [6.45, 7) is 1.72. The number of carboxylic acid groups (broad SMARTS) is 1. The highest BCUT2D eigenvalue weighted by molar-refractivity contribution is 9.10. The normalized spacial score (nSPS) is 10.6. The van der Waals surface area contributed by atoms with E-state index in [0.29, 0.717) is 21.5 Å². The minimum atomic E-state index is -0.969. The van der Waals surface area contributed by atoms with E-state index in [1.807, 2.05) is 0 Å². The van der Waals surface area contributed by atoms with E-state index in [-0.39, 0.29) is 12.2 Å². The Labute approximate surface area is 110 Å². The van der Waals surface area contributed by atoms with Gasteiger partial charge in [-0.25, -0.2) is 9.07 Å². The van der Waals surface area contributed by atoms with Gasteiger partial charge in [-0.15, -0.1) is 5.10 Å². The molecular formula is C11H9BrFN3O2. The summed E-state index contributed by atoms with van der Waals surface area (Å²) in [4.78, 5) is 10.6. The molecule has 0 saturated carbocycles. The summed E-state index contributed by atoms with van der Waals surface area (Å²) < 4.78 is 15.0. The number of rotatable bonds is 3. The Hall–Kier alpha value is -1.76. The van der Waals surface area contributed by atoms with Crippen molar-refractivity contribution in [3.05, 3.63) is 39.9 Å². The van der Waals surface area contributed by atoms with E-state index in [1.54, 1.807) is 13.0 Å². The lowest BCUT2D eigenvalue weighted by molar-refractivity contribution is -0.136. The van der Waals surface area contributed by atoms with Gasteiger partial charge in [0.05, 0.1) is 23.5 Å². The summed E-state index contributed by atoms with van der Waals surface area (Å²) in [5.41, 5.74) is 1.61. The summed E-state index contributed by atoms with van der Waals surface area (Å²) in [7, 11) is 0. The highest BCUT2D eigenvalue weighted by Gasteiger charge is 2.14. The lowest BCUT2D eigenvalue weighted by Crippen LogP contribution is -2.04. The SMILES string of the molecule is Cc1c(CC(=O)O)nnn1-c1ccc(F)cc1Br. The van der Waals surface area contributed by atoms with Crippen molar-refractivity contribution < 1.29 is 14.3 Å². The molecule has 1 aromatic heterocycles. The number of carbonyl (C=O) groups is 1. The summed E-state index contributed by atoms with van der Waals surface area (Å²) >= 11 is 3.23. The van der Waals surface area contributed by atoms with Crippen molar-refractivity contribution in [2.45, 2.75) is 13.3 Å². The van der Waals surface area contributed by atoms with Gasteiger partial charge in [0.25, 0.3) is 0 Å². The molecule has 0 atom stereocenters. The molecule has 0 bridgehead atoms. The third-order valence-corrected chi connectivity index (χ3v) is 3.08. The fraction of sp³-hybridized carbons (Fsp3) is 0.182. The predicted octanol–water partition coefficient (Wildman–Crippen LogP) is 2.10. The molecule has 2 aromatic rings. The summed E-state index contributed by atoms with van der Waals surface area (Å²) in [5, 5.41) is 16.4. The van der Waals surface area contributed by atoms with Crippen molar-refractivity contribution in [2.24, 2.45) is 0 Å². The van der Waals surface area contributed by atoms with E-state index in [0.717, 1.165) is 0 Å². The van der Waals surface area contributed by atoms with Crippen LogP contribution in [0.1, 0.15) is 11.4 Å². The molecule has 0 aliphatic heterocycles. The maximum absolute atomic E-state index is 13.0. The molecule has 5 nitrogen and oxygen atoms in total. The second-order valence-corrected chi connectivity index (χ2v) is 4.55. The van der Waals surface area contributed by atoms with E-state index in [9.17, 15) is 9.18 Å². The molecular weight excluding hydrogens is 305 g/mol. The minimum Gasteiger partial charge on any atom is -0.481 e. The van der Waals surface area contributed by atoms with Crippen LogP contribution in [0.15, 0.2) is 22.7 Å². The average molecular weight is 314 g/mol. The molecule has 2 rings (SSSR count). The van der Waals surface area contributed by atoms with Crippen molar-refractivity contribution in [1.29, 1.82) is 0 Å². The molecule has 0 saturated heterocycles. The number of carboxylic acids is 1. The van der Waals surface area contributed by atoms with Gasteiger partial charge >= 0.3 is 5.97 Å². The standard InChI is InChI=1S/C11H9BrFN3O2/c1-6-9(5-11(17)18)14-15-16(6)10-3-2-7(13)4-8(10)12/h2-4H,5H2,1H3,(H,17,18). The second kappa shape index (κ2) is 4.85. The predicted molar refractivity (Wildman–Crippen MR) is 65.1 cm³/mol. The van der Waals surface area contributed by atoms with Gasteiger partial charge < -0.3 is 5.11 Å². The largest absolute Gasteiger partial charge is 0.481 e. The van der Waals surface area contributed by atoms with Crippen LogP contribution >= 0.6 is 15.9 Å². The van der Waals surface area contributed by atoms with Crippen LogP contribution in [0.25, 0.3) is 5.69 Å². The average Bonchev–Trinajstić information content (AvgIpc) is 2.60. The molecule has 94 valence electrons. The van der Waals surface area contributed by atoms with Gasteiger partial charge in [-0.3, -0.25) is 4.79 Å². The Morgan fingerprint density at radius 1 is 1.56 bits per heavy atom. The van der Waals surface area contributed by atoms with Crippen molar-refractivity contribution in [3.8, 4) is 5.69 Å². The van der Waals surface area contributed by atoms with Crippen LogP contribution in [0.3, 0.4) is 0 Å². The van der Waals surface area contributed by atoms with Crippen LogP contribution in [-0.2, 0) is 11.2 Å². The number of benzene rings is 1. The smallest absolute Gasteiger partial charge is 0.309 e. The van der Waals surface area contributed by atoms with Crippen LogP contribution in [0.5, 0.6) is 0 Å². The fourth-order valence-electron chi connectivity index (χ4n) is 1.55. The van der Waals surface area contributed by atoms with Crippen LogP contribution in [0.2, 0.25) is 0 Å². The van der Waals surface area contributed by atoms with Crippen molar-refractivity contribution >= 4 is 21.9 Å². The number of nitrogens with zero attached hydrogens (tertiary/aromatic N) is 3. The molecule has 0 aliphatic rings. The number of halogens is 2. The van der Waals surface area contributed by atoms with E-state index in [2.05, 4.69) is 26.2 Å². The first kappa shape index (κ1) is 12.7. The Kier molecular flexibility index (Phi) is 3.42.